The van der Waals surface area contributed by atoms with Crippen molar-refractivity contribution in [2.75, 3.05) is 7.11 Å². The molecule has 24 heavy (non-hydrogen) atoms. The summed E-state index contributed by atoms with van der Waals surface area (Å²) in [7, 11) is 1.66. The summed E-state index contributed by atoms with van der Waals surface area (Å²) in [6, 6.07) is 14.1. The molecule has 0 saturated carbocycles. The highest BCUT2D eigenvalue weighted by atomic mass is 16.6. The standard InChI is InChI=1S/C20H22O4/c1-12(2)23-20(21)19-18(24-19)15-9-10-17(22-4)16(11-15)14-7-5-13(3)6-8-14/h5-12,18-19H,1-4H3. The van der Waals surface area contributed by atoms with Gasteiger partial charge in [-0.1, -0.05) is 35.9 Å². The minimum absolute atomic E-state index is 0.138. The molecular weight excluding hydrogens is 304 g/mol. The highest BCUT2D eigenvalue weighted by Gasteiger charge is 2.47. The highest BCUT2D eigenvalue weighted by molar-refractivity contribution is 5.79. The normalized spacial score (nSPS) is 19.2. The van der Waals surface area contributed by atoms with Crippen LogP contribution in [0.5, 0.6) is 5.75 Å². The fourth-order valence-corrected chi connectivity index (χ4v) is 2.71. The van der Waals surface area contributed by atoms with E-state index in [2.05, 4.69) is 31.2 Å². The molecule has 0 N–H and O–H groups in total. The second kappa shape index (κ2) is 6.65. The Morgan fingerprint density at radius 2 is 1.83 bits per heavy atom. The zero-order valence-electron chi connectivity index (χ0n) is 14.4. The van der Waals surface area contributed by atoms with Crippen LogP contribution in [-0.4, -0.2) is 25.3 Å². The predicted octanol–water partition coefficient (Wildman–Crippen LogP) is 4.06. The number of rotatable bonds is 5. The number of hydrogen-bond donors (Lipinski definition) is 0. The van der Waals surface area contributed by atoms with Crippen LogP contribution in [0.1, 0.15) is 31.1 Å². The summed E-state index contributed by atoms with van der Waals surface area (Å²) in [5.74, 6) is 0.493. The van der Waals surface area contributed by atoms with Gasteiger partial charge in [0, 0.05) is 5.56 Å². The van der Waals surface area contributed by atoms with Gasteiger partial charge in [-0.3, -0.25) is 0 Å². The number of epoxide rings is 1. The van der Waals surface area contributed by atoms with Crippen LogP contribution in [-0.2, 0) is 14.3 Å². The zero-order valence-corrected chi connectivity index (χ0v) is 14.4. The van der Waals surface area contributed by atoms with Crippen LogP contribution in [0.3, 0.4) is 0 Å². The lowest BCUT2D eigenvalue weighted by atomic mass is 9.99. The first-order valence-corrected chi connectivity index (χ1v) is 8.10. The quantitative estimate of drug-likeness (QED) is 0.614. The molecule has 0 spiro atoms. The molecule has 126 valence electrons. The number of benzene rings is 2. The Bertz CT molecular complexity index is 734. The smallest absolute Gasteiger partial charge is 0.338 e. The first-order chi connectivity index (χ1) is 11.5. The van der Waals surface area contributed by atoms with Gasteiger partial charge in [0.15, 0.2) is 6.10 Å². The topological polar surface area (TPSA) is 48.1 Å². The summed E-state index contributed by atoms with van der Waals surface area (Å²) in [6.45, 7) is 5.72. The molecule has 0 radical (unpaired) electrons. The molecule has 2 aromatic carbocycles. The van der Waals surface area contributed by atoms with E-state index >= 15 is 0 Å². The van der Waals surface area contributed by atoms with Gasteiger partial charge in [0.05, 0.1) is 13.2 Å². The van der Waals surface area contributed by atoms with Crippen LogP contribution in [0, 0.1) is 6.92 Å². The van der Waals surface area contributed by atoms with Crippen molar-refractivity contribution in [1.29, 1.82) is 0 Å². The Kier molecular flexibility index (Phi) is 4.58. The van der Waals surface area contributed by atoms with Crippen LogP contribution in [0.15, 0.2) is 42.5 Å². The van der Waals surface area contributed by atoms with E-state index < -0.39 is 6.10 Å². The summed E-state index contributed by atoms with van der Waals surface area (Å²) >= 11 is 0. The number of esters is 1. The number of ether oxygens (including phenoxy) is 3. The van der Waals surface area contributed by atoms with Gasteiger partial charge in [0.1, 0.15) is 11.9 Å². The summed E-state index contributed by atoms with van der Waals surface area (Å²) in [4.78, 5) is 11.9. The monoisotopic (exact) mass is 326 g/mol. The Balaban J connectivity index is 1.85. The number of aryl methyl sites for hydroxylation is 1. The fraction of sp³-hybridized carbons (Fsp3) is 0.350. The molecule has 2 atom stereocenters. The minimum atomic E-state index is -0.508. The molecule has 4 heteroatoms. The van der Waals surface area contributed by atoms with E-state index in [0.717, 1.165) is 22.4 Å². The second-order valence-corrected chi connectivity index (χ2v) is 6.29. The lowest BCUT2D eigenvalue weighted by Crippen LogP contribution is -2.17. The van der Waals surface area contributed by atoms with Gasteiger partial charge in [0.2, 0.25) is 0 Å². The van der Waals surface area contributed by atoms with Crippen molar-refractivity contribution in [3.8, 4) is 16.9 Å². The maximum atomic E-state index is 11.9. The van der Waals surface area contributed by atoms with Crippen molar-refractivity contribution in [1.82, 2.24) is 0 Å². The Morgan fingerprint density at radius 1 is 1.12 bits per heavy atom. The molecule has 2 aromatic rings. The molecule has 3 rings (SSSR count). The average Bonchev–Trinajstić information content (AvgIpc) is 3.35. The first-order valence-electron chi connectivity index (χ1n) is 8.10. The first kappa shape index (κ1) is 16.5. The fourth-order valence-electron chi connectivity index (χ4n) is 2.71. The largest absolute Gasteiger partial charge is 0.496 e. The number of methoxy groups -OCH3 is 1. The predicted molar refractivity (Wildman–Crippen MR) is 92.0 cm³/mol. The van der Waals surface area contributed by atoms with E-state index in [-0.39, 0.29) is 18.2 Å². The van der Waals surface area contributed by atoms with Crippen LogP contribution in [0.25, 0.3) is 11.1 Å². The molecule has 4 nitrogen and oxygen atoms in total. The molecule has 1 aliphatic heterocycles. The number of carbonyl (C=O) groups excluding carboxylic acids is 1. The Hall–Kier alpha value is -2.33. The van der Waals surface area contributed by atoms with Gasteiger partial charge in [0.25, 0.3) is 0 Å². The Morgan fingerprint density at radius 3 is 2.46 bits per heavy atom. The third-order valence-corrected chi connectivity index (χ3v) is 3.99. The van der Waals surface area contributed by atoms with Crippen molar-refractivity contribution in [3.63, 3.8) is 0 Å². The molecule has 1 aliphatic rings. The van der Waals surface area contributed by atoms with E-state index in [9.17, 15) is 4.79 Å². The highest BCUT2D eigenvalue weighted by Crippen LogP contribution is 2.42. The van der Waals surface area contributed by atoms with E-state index in [0.29, 0.717) is 0 Å². The molecule has 1 saturated heterocycles. The van der Waals surface area contributed by atoms with E-state index in [1.165, 1.54) is 5.56 Å². The van der Waals surface area contributed by atoms with E-state index in [1.807, 2.05) is 32.0 Å². The van der Waals surface area contributed by atoms with Crippen LogP contribution < -0.4 is 4.74 Å². The third kappa shape index (κ3) is 3.44. The van der Waals surface area contributed by atoms with Gasteiger partial charge >= 0.3 is 5.97 Å². The summed E-state index contributed by atoms with van der Waals surface area (Å²) in [5, 5.41) is 0. The molecule has 2 unspecified atom stereocenters. The van der Waals surface area contributed by atoms with E-state index in [1.54, 1.807) is 7.11 Å². The van der Waals surface area contributed by atoms with Crippen molar-refractivity contribution >= 4 is 5.97 Å². The second-order valence-electron chi connectivity index (χ2n) is 6.29. The maximum absolute atomic E-state index is 11.9. The molecular formula is C20H22O4. The molecule has 0 bridgehead atoms. The Labute approximate surface area is 142 Å². The average molecular weight is 326 g/mol. The van der Waals surface area contributed by atoms with Crippen LogP contribution in [0.4, 0.5) is 0 Å². The minimum Gasteiger partial charge on any atom is -0.496 e. The van der Waals surface area contributed by atoms with E-state index in [4.69, 9.17) is 14.2 Å². The maximum Gasteiger partial charge on any atom is 0.338 e. The summed E-state index contributed by atoms with van der Waals surface area (Å²) in [5.41, 5.74) is 4.22. The van der Waals surface area contributed by atoms with Gasteiger partial charge in [-0.25, -0.2) is 4.79 Å². The van der Waals surface area contributed by atoms with Crippen molar-refractivity contribution < 1.29 is 19.0 Å². The molecule has 1 fully saturated rings. The molecule has 0 aliphatic carbocycles. The van der Waals surface area contributed by atoms with Crippen LogP contribution in [0.2, 0.25) is 0 Å². The van der Waals surface area contributed by atoms with Gasteiger partial charge in [-0.15, -0.1) is 0 Å². The lowest BCUT2D eigenvalue weighted by molar-refractivity contribution is -0.148. The lowest BCUT2D eigenvalue weighted by Gasteiger charge is -2.11. The van der Waals surface area contributed by atoms with Gasteiger partial charge in [-0.2, -0.15) is 0 Å². The van der Waals surface area contributed by atoms with Crippen molar-refractivity contribution in [2.45, 2.75) is 39.1 Å². The number of carbonyl (C=O) groups is 1. The van der Waals surface area contributed by atoms with Crippen molar-refractivity contribution in [2.24, 2.45) is 0 Å². The third-order valence-electron chi connectivity index (χ3n) is 3.99. The molecule has 0 aromatic heterocycles. The van der Waals surface area contributed by atoms with Gasteiger partial charge in [-0.05, 0) is 44.0 Å². The summed E-state index contributed by atoms with van der Waals surface area (Å²) in [6.07, 6.45) is -0.889. The summed E-state index contributed by atoms with van der Waals surface area (Å²) < 4.78 is 16.2. The zero-order chi connectivity index (χ0) is 17.3. The number of hydrogen-bond acceptors (Lipinski definition) is 4. The van der Waals surface area contributed by atoms with Crippen molar-refractivity contribution in [3.05, 3.63) is 53.6 Å². The van der Waals surface area contributed by atoms with Gasteiger partial charge < -0.3 is 14.2 Å². The van der Waals surface area contributed by atoms with Crippen LogP contribution >= 0.6 is 0 Å². The molecule has 0 amide bonds. The SMILES string of the molecule is COc1ccc(C2OC2C(=O)OC(C)C)cc1-c1ccc(C)cc1. The molecule has 1 heterocycles.